The molecular weight excluding hydrogens is 258 g/mol. The molecule has 104 valence electrons. The van der Waals surface area contributed by atoms with Crippen molar-refractivity contribution in [3.05, 3.63) is 23.0 Å². The Hall–Kier alpha value is -1.20. The minimum atomic E-state index is -0.0986. The summed E-state index contributed by atoms with van der Waals surface area (Å²) in [4.78, 5) is 4.79. The fraction of sp³-hybridized carbons (Fsp3) is 0.571. The van der Waals surface area contributed by atoms with Crippen LogP contribution in [0.3, 0.4) is 0 Å². The van der Waals surface area contributed by atoms with Crippen molar-refractivity contribution in [3.8, 4) is 0 Å². The zero-order valence-corrected chi connectivity index (χ0v) is 12.6. The standard InChI is InChI=1S/C14H21N3OS/c1-9-7-11(12(13(15)19)10(2)17-9)16-8-14(3)5-4-6-18-14/h7H,4-6,8H2,1-3H3,(H2,15,19)(H,16,17). The number of rotatable bonds is 4. The maximum Gasteiger partial charge on any atom is 0.107 e. The number of hydrogen-bond acceptors (Lipinski definition) is 4. The van der Waals surface area contributed by atoms with E-state index in [1.54, 1.807) is 0 Å². The van der Waals surface area contributed by atoms with E-state index in [2.05, 4.69) is 17.2 Å². The van der Waals surface area contributed by atoms with Crippen molar-refractivity contribution in [1.29, 1.82) is 0 Å². The van der Waals surface area contributed by atoms with E-state index in [1.165, 1.54) is 0 Å². The molecule has 1 unspecified atom stereocenters. The van der Waals surface area contributed by atoms with Crippen LogP contribution in [0.25, 0.3) is 0 Å². The highest BCUT2D eigenvalue weighted by Gasteiger charge is 2.29. The normalized spacial score (nSPS) is 22.5. The molecule has 19 heavy (non-hydrogen) atoms. The Balaban J connectivity index is 2.21. The molecule has 0 amide bonds. The Morgan fingerprint density at radius 1 is 1.58 bits per heavy atom. The molecule has 2 heterocycles. The largest absolute Gasteiger partial charge is 0.389 e. The number of pyridine rings is 1. The van der Waals surface area contributed by atoms with Crippen LogP contribution in [0.15, 0.2) is 6.07 Å². The monoisotopic (exact) mass is 279 g/mol. The van der Waals surface area contributed by atoms with Gasteiger partial charge in [-0.2, -0.15) is 0 Å². The molecule has 0 aromatic carbocycles. The summed E-state index contributed by atoms with van der Waals surface area (Å²) < 4.78 is 5.78. The van der Waals surface area contributed by atoms with Crippen molar-refractivity contribution in [1.82, 2.24) is 4.98 Å². The first-order chi connectivity index (χ1) is 8.91. The van der Waals surface area contributed by atoms with Gasteiger partial charge in [-0.05, 0) is 39.7 Å². The molecule has 3 N–H and O–H groups in total. The lowest BCUT2D eigenvalue weighted by molar-refractivity contribution is 0.0315. The number of aryl methyl sites for hydroxylation is 2. The fourth-order valence-corrected chi connectivity index (χ4v) is 2.80. The molecule has 0 radical (unpaired) electrons. The minimum absolute atomic E-state index is 0.0986. The first-order valence-electron chi connectivity index (χ1n) is 6.57. The third-order valence-electron chi connectivity index (χ3n) is 3.53. The number of nitrogens with zero attached hydrogens (tertiary/aromatic N) is 1. The number of ether oxygens (including phenoxy) is 1. The van der Waals surface area contributed by atoms with Crippen molar-refractivity contribution in [2.24, 2.45) is 5.73 Å². The maximum absolute atomic E-state index is 5.80. The van der Waals surface area contributed by atoms with Gasteiger partial charge in [0.1, 0.15) is 4.99 Å². The van der Waals surface area contributed by atoms with Crippen LogP contribution in [-0.2, 0) is 4.74 Å². The third-order valence-corrected chi connectivity index (χ3v) is 3.73. The van der Waals surface area contributed by atoms with Gasteiger partial charge in [-0.15, -0.1) is 0 Å². The average Bonchev–Trinajstić information content (AvgIpc) is 2.72. The summed E-state index contributed by atoms with van der Waals surface area (Å²) in [6.45, 7) is 7.63. The Bertz CT molecular complexity index is 496. The molecule has 1 aromatic rings. The van der Waals surface area contributed by atoms with Crippen LogP contribution >= 0.6 is 12.2 Å². The summed E-state index contributed by atoms with van der Waals surface area (Å²) >= 11 is 5.12. The van der Waals surface area contributed by atoms with E-state index >= 15 is 0 Å². The Labute approximate surface area is 119 Å². The van der Waals surface area contributed by atoms with E-state index in [-0.39, 0.29) is 5.60 Å². The van der Waals surface area contributed by atoms with Gasteiger partial charge in [0, 0.05) is 30.2 Å². The van der Waals surface area contributed by atoms with Gasteiger partial charge in [-0.1, -0.05) is 12.2 Å². The fourth-order valence-electron chi connectivity index (χ4n) is 2.54. The quantitative estimate of drug-likeness (QED) is 0.828. The first kappa shape index (κ1) is 14.2. The average molecular weight is 279 g/mol. The molecule has 1 fully saturated rings. The predicted octanol–water partition coefficient (Wildman–Crippen LogP) is 2.31. The molecule has 5 heteroatoms. The van der Waals surface area contributed by atoms with Gasteiger partial charge in [0.25, 0.3) is 0 Å². The SMILES string of the molecule is Cc1cc(NCC2(C)CCCO2)c(C(N)=S)c(C)n1. The van der Waals surface area contributed by atoms with Crippen molar-refractivity contribution in [2.45, 2.75) is 39.2 Å². The van der Waals surface area contributed by atoms with Crippen molar-refractivity contribution < 1.29 is 4.74 Å². The highest BCUT2D eigenvalue weighted by atomic mass is 32.1. The van der Waals surface area contributed by atoms with Crippen molar-refractivity contribution in [2.75, 3.05) is 18.5 Å². The van der Waals surface area contributed by atoms with E-state index in [0.29, 0.717) is 4.99 Å². The molecule has 1 atom stereocenters. The smallest absolute Gasteiger partial charge is 0.107 e. The van der Waals surface area contributed by atoms with Crippen LogP contribution in [0.1, 0.15) is 36.7 Å². The summed E-state index contributed by atoms with van der Waals surface area (Å²) in [5.41, 5.74) is 9.32. The minimum Gasteiger partial charge on any atom is -0.389 e. The molecule has 1 aromatic heterocycles. The van der Waals surface area contributed by atoms with Crippen LogP contribution < -0.4 is 11.1 Å². The second kappa shape index (κ2) is 5.43. The van der Waals surface area contributed by atoms with E-state index in [1.807, 2.05) is 19.9 Å². The van der Waals surface area contributed by atoms with E-state index in [4.69, 9.17) is 22.7 Å². The van der Waals surface area contributed by atoms with E-state index in [9.17, 15) is 0 Å². The Morgan fingerprint density at radius 3 is 2.89 bits per heavy atom. The lowest BCUT2D eigenvalue weighted by Gasteiger charge is -2.25. The van der Waals surface area contributed by atoms with E-state index in [0.717, 1.165) is 48.6 Å². The highest BCUT2D eigenvalue weighted by molar-refractivity contribution is 7.80. The zero-order valence-electron chi connectivity index (χ0n) is 11.7. The molecule has 0 spiro atoms. The number of nitrogens with two attached hydrogens (primary N) is 1. The first-order valence-corrected chi connectivity index (χ1v) is 6.98. The number of hydrogen-bond donors (Lipinski definition) is 2. The summed E-state index contributed by atoms with van der Waals surface area (Å²) in [7, 11) is 0. The van der Waals surface area contributed by atoms with Crippen LogP contribution in [0, 0.1) is 13.8 Å². The lowest BCUT2D eigenvalue weighted by atomic mass is 10.0. The number of aromatic nitrogens is 1. The van der Waals surface area contributed by atoms with Gasteiger partial charge >= 0.3 is 0 Å². The summed E-state index contributed by atoms with van der Waals surface area (Å²) in [6, 6.07) is 1.99. The van der Waals surface area contributed by atoms with Crippen LogP contribution in [0.4, 0.5) is 5.69 Å². The molecule has 1 saturated heterocycles. The van der Waals surface area contributed by atoms with Crippen molar-refractivity contribution in [3.63, 3.8) is 0 Å². The Kier molecular flexibility index (Phi) is 4.06. The van der Waals surface area contributed by atoms with Gasteiger partial charge in [0.2, 0.25) is 0 Å². The summed E-state index contributed by atoms with van der Waals surface area (Å²) in [6.07, 6.45) is 2.19. The maximum atomic E-state index is 5.80. The van der Waals surface area contributed by atoms with Gasteiger partial charge in [0.15, 0.2) is 0 Å². The molecule has 0 saturated carbocycles. The zero-order chi connectivity index (χ0) is 14.0. The Morgan fingerprint density at radius 2 is 2.32 bits per heavy atom. The van der Waals surface area contributed by atoms with Gasteiger partial charge < -0.3 is 15.8 Å². The van der Waals surface area contributed by atoms with Gasteiger partial charge in [0.05, 0.1) is 11.2 Å². The van der Waals surface area contributed by atoms with Gasteiger partial charge in [-0.25, -0.2) is 0 Å². The molecular formula is C14H21N3OS. The topological polar surface area (TPSA) is 60.2 Å². The predicted molar refractivity (Wildman–Crippen MR) is 81.7 cm³/mol. The van der Waals surface area contributed by atoms with Gasteiger partial charge in [-0.3, -0.25) is 4.98 Å². The molecule has 2 rings (SSSR count). The number of nitrogens with one attached hydrogen (secondary N) is 1. The van der Waals surface area contributed by atoms with Crippen LogP contribution in [0.2, 0.25) is 0 Å². The molecule has 1 aliphatic heterocycles. The van der Waals surface area contributed by atoms with E-state index < -0.39 is 0 Å². The highest BCUT2D eigenvalue weighted by Crippen LogP contribution is 2.27. The molecule has 1 aliphatic rings. The second-order valence-electron chi connectivity index (χ2n) is 5.39. The second-order valence-corrected chi connectivity index (χ2v) is 5.83. The number of anilines is 1. The number of thiocarbonyl (C=S) groups is 1. The summed E-state index contributed by atoms with van der Waals surface area (Å²) in [5, 5.41) is 3.43. The molecule has 4 nitrogen and oxygen atoms in total. The molecule has 0 bridgehead atoms. The van der Waals surface area contributed by atoms with Crippen molar-refractivity contribution >= 4 is 22.9 Å². The lowest BCUT2D eigenvalue weighted by Crippen LogP contribution is -2.33. The molecule has 0 aliphatic carbocycles. The summed E-state index contributed by atoms with van der Waals surface area (Å²) in [5.74, 6) is 0. The van der Waals surface area contributed by atoms with Crippen LogP contribution in [-0.4, -0.2) is 28.7 Å². The van der Waals surface area contributed by atoms with Crippen LogP contribution in [0.5, 0.6) is 0 Å². The third kappa shape index (κ3) is 3.22.